The maximum Gasteiger partial charge on any atom is 0.250 e. The number of amides is 2. The van der Waals surface area contributed by atoms with Gasteiger partial charge in [-0.1, -0.05) is 45.1 Å². The van der Waals surface area contributed by atoms with E-state index in [9.17, 15) is 25.1 Å². The monoisotopic (exact) mass is 944 g/mol. The van der Waals surface area contributed by atoms with E-state index >= 15 is 0 Å². The molecule has 0 radical (unpaired) electrons. The summed E-state index contributed by atoms with van der Waals surface area (Å²) in [7, 11) is 10.2. The fourth-order valence-corrected chi connectivity index (χ4v) is 9.06. The number of hydrogen-bond donors (Lipinski definition) is 5. The number of carbonyl (C=O) groups is 2. The maximum absolute atomic E-state index is 12.6. The summed E-state index contributed by atoms with van der Waals surface area (Å²) < 4.78 is 51.1. The van der Waals surface area contributed by atoms with Gasteiger partial charge >= 0.3 is 0 Å². The number of carbonyl (C=O) groups excluding carboxylic acids is 2. The second-order valence-electron chi connectivity index (χ2n) is 17.4. The van der Waals surface area contributed by atoms with Gasteiger partial charge in [-0.15, -0.1) is 0 Å². The number of hydroxylamine groups is 2. The predicted octanol–water partition coefficient (Wildman–Crippen LogP) is 8.53. The number of ether oxygens (including phenoxy) is 8. The van der Waals surface area contributed by atoms with Gasteiger partial charge in [0, 0.05) is 11.1 Å². The van der Waals surface area contributed by atoms with Gasteiger partial charge in [0.1, 0.15) is 5.75 Å². The Morgan fingerprint density at radius 2 is 0.955 bits per heavy atom. The molecule has 4 aromatic rings. The van der Waals surface area contributed by atoms with Crippen LogP contribution in [0.4, 0.5) is 0 Å². The van der Waals surface area contributed by atoms with E-state index in [4.69, 9.17) is 42.3 Å². The van der Waals surface area contributed by atoms with Crippen molar-refractivity contribution in [1.82, 2.24) is 11.0 Å². The molecule has 0 spiro atoms. The van der Waals surface area contributed by atoms with Gasteiger partial charge in [-0.05, 0) is 114 Å². The average molecular weight is 945 g/mol. The molecule has 0 aromatic heterocycles. The third-order valence-corrected chi connectivity index (χ3v) is 17.0. The number of fused-ring (bicyclic) bond motifs is 2. The van der Waals surface area contributed by atoms with Crippen LogP contribution in [0.25, 0.3) is 11.1 Å². The van der Waals surface area contributed by atoms with Crippen molar-refractivity contribution in [1.29, 1.82) is 0 Å². The first-order valence-electron chi connectivity index (χ1n) is 21.6. The molecule has 0 unspecified atom stereocenters. The smallest absolute Gasteiger partial charge is 0.250 e. The molecule has 67 heavy (non-hydrogen) atoms. The number of rotatable bonds is 14. The van der Waals surface area contributed by atoms with Crippen LogP contribution in [0.15, 0.2) is 60.7 Å². The molecule has 2 amide bonds. The van der Waals surface area contributed by atoms with Crippen LogP contribution in [0, 0.1) is 11.8 Å². The van der Waals surface area contributed by atoms with Crippen LogP contribution in [0.1, 0.15) is 67.0 Å². The summed E-state index contributed by atoms with van der Waals surface area (Å²) in [5.41, 5.74) is 9.89. The number of phenolic OH excluding ortho intramolecular Hbond substituents is 1. The molecule has 0 heterocycles. The lowest BCUT2D eigenvalue weighted by molar-refractivity contribution is -0.132. The number of nitrogens with one attached hydrogen (secondary N) is 2. The molecular formula is C50H64N2O14Si. The Labute approximate surface area is 393 Å². The van der Waals surface area contributed by atoms with Crippen LogP contribution in [0.2, 0.25) is 18.1 Å². The molecule has 362 valence electrons. The lowest BCUT2D eigenvalue weighted by Gasteiger charge is -2.37. The van der Waals surface area contributed by atoms with Gasteiger partial charge in [0.2, 0.25) is 23.3 Å². The Hall–Kier alpha value is -6.56. The summed E-state index contributed by atoms with van der Waals surface area (Å²) in [5.74, 6) is 2.44. The summed E-state index contributed by atoms with van der Waals surface area (Å²) in [6.45, 7) is 10.9. The first-order chi connectivity index (χ1) is 31.9. The number of methoxy groups -OCH3 is 8. The van der Waals surface area contributed by atoms with Crippen LogP contribution in [-0.4, -0.2) is 92.5 Å². The highest BCUT2D eigenvalue weighted by atomic mass is 28.4. The van der Waals surface area contributed by atoms with Crippen molar-refractivity contribution in [2.24, 2.45) is 11.8 Å². The van der Waals surface area contributed by atoms with Gasteiger partial charge < -0.3 is 47.4 Å². The SMILES string of the molecule is COc1ccc(C2=C[C@H](C(=O)NO)CCc3c2cc(OC)c(OC)c3OC)cc1O.COc1ccc(C2=C[C@H](C(=O)NO)CCc3c2cc(OC)c(OC)c3OC)cc1O[Si](C)(C)C(C)(C)C. The predicted molar refractivity (Wildman–Crippen MR) is 255 cm³/mol. The largest absolute Gasteiger partial charge is 0.541 e. The first kappa shape index (κ1) is 51.4. The van der Waals surface area contributed by atoms with E-state index in [1.54, 1.807) is 65.3 Å². The van der Waals surface area contributed by atoms with E-state index in [0.717, 1.165) is 33.4 Å². The summed E-state index contributed by atoms with van der Waals surface area (Å²) in [6.07, 6.45) is 5.58. The number of hydrogen-bond acceptors (Lipinski definition) is 14. The van der Waals surface area contributed by atoms with E-state index < -0.39 is 32.0 Å². The second-order valence-corrected chi connectivity index (χ2v) is 22.1. The zero-order chi connectivity index (χ0) is 49.4. The molecule has 0 bridgehead atoms. The summed E-state index contributed by atoms with van der Waals surface area (Å²) in [5, 5.41) is 28.9. The molecule has 2 atom stereocenters. The second kappa shape index (κ2) is 21.8. The van der Waals surface area contributed by atoms with Gasteiger partial charge in [-0.2, -0.15) is 0 Å². The van der Waals surface area contributed by atoms with Crippen LogP contribution in [0.5, 0.6) is 57.5 Å². The van der Waals surface area contributed by atoms with E-state index in [1.165, 1.54) is 21.3 Å². The Morgan fingerprint density at radius 3 is 1.31 bits per heavy atom. The van der Waals surface area contributed by atoms with Crippen molar-refractivity contribution in [3.8, 4) is 57.5 Å². The highest BCUT2D eigenvalue weighted by Crippen LogP contribution is 2.50. The third-order valence-electron chi connectivity index (χ3n) is 12.6. The van der Waals surface area contributed by atoms with Crippen LogP contribution < -0.4 is 53.3 Å². The maximum atomic E-state index is 12.6. The minimum absolute atomic E-state index is 0.0101. The fourth-order valence-electron chi connectivity index (χ4n) is 8.05. The van der Waals surface area contributed by atoms with Crippen LogP contribution in [-0.2, 0) is 22.4 Å². The molecule has 5 N–H and O–H groups in total. The number of phenols is 1. The fraction of sp³-hybridized carbons (Fsp3) is 0.400. The highest BCUT2D eigenvalue weighted by Gasteiger charge is 2.40. The first-order valence-corrected chi connectivity index (χ1v) is 24.5. The number of aromatic hydroxyl groups is 1. The number of benzene rings is 4. The molecule has 0 aliphatic heterocycles. The Kier molecular flexibility index (Phi) is 16.7. The van der Waals surface area contributed by atoms with Gasteiger partial charge in [0.15, 0.2) is 40.2 Å². The Morgan fingerprint density at radius 1 is 0.552 bits per heavy atom. The third kappa shape index (κ3) is 10.7. The molecule has 0 saturated heterocycles. The molecule has 4 aromatic carbocycles. The van der Waals surface area contributed by atoms with Crippen molar-refractivity contribution in [3.05, 3.63) is 94.1 Å². The molecule has 0 saturated carbocycles. The summed E-state index contributed by atoms with van der Waals surface area (Å²) >= 11 is 0. The molecular weight excluding hydrogens is 881 g/mol. The molecule has 2 aliphatic carbocycles. The highest BCUT2D eigenvalue weighted by molar-refractivity contribution is 6.74. The van der Waals surface area contributed by atoms with Gasteiger partial charge in [-0.3, -0.25) is 20.0 Å². The Bertz CT molecular complexity index is 2510. The van der Waals surface area contributed by atoms with E-state index in [1.807, 2.05) is 41.9 Å². The Balaban J connectivity index is 0.000000256. The van der Waals surface area contributed by atoms with Crippen molar-refractivity contribution in [2.75, 3.05) is 56.9 Å². The zero-order valence-electron chi connectivity index (χ0n) is 40.6. The zero-order valence-corrected chi connectivity index (χ0v) is 41.6. The quantitative estimate of drug-likeness (QED) is 0.0457. The molecule has 6 rings (SSSR count). The van der Waals surface area contributed by atoms with Crippen molar-refractivity contribution in [3.63, 3.8) is 0 Å². The molecule has 17 heteroatoms. The van der Waals surface area contributed by atoms with Crippen molar-refractivity contribution in [2.45, 2.75) is 64.6 Å². The lowest BCUT2D eigenvalue weighted by Crippen LogP contribution is -2.43. The van der Waals surface area contributed by atoms with Crippen molar-refractivity contribution >= 4 is 31.3 Å². The summed E-state index contributed by atoms with van der Waals surface area (Å²) in [4.78, 5) is 24.8. The van der Waals surface area contributed by atoms with Crippen LogP contribution >= 0.6 is 0 Å². The van der Waals surface area contributed by atoms with Gasteiger partial charge in [-0.25, -0.2) is 11.0 Å². The minimum Gasteiger partial charge on any atom is -0.541 e. The van der Waals surface area contributed by atoms with Crippen molar-refractivity contribution < 1.29 is 67.4 Å². The molecule has 0 fully saturated rings. The van der Waals surface area contributed by atoms with E-state index in [0.29, 0.717) is 88.6 Å². The molecule has 16 nitrogen and oxygen atoms in total. The van der Waals surface area contributed by atoms with E-state index in [2.05, 4.69) is 33.9 Å². The standard InChI is InChI=1S/C28H39NO7Si.C22H25NO7/c1-28(2,3)37(8,9)36-23-15-17(11-13-22(23)32-4)20-14-18(27(30)29-31)10-12-19-21(20)16-24(33-5)26(35-7)25(19)34-6;1-27-18-8-6-12(10-17(18)24)15-9-13(22(25)23-26)5-7-14-16(15)11-19(28-2)21(30-4)20(14)29-3/h11,13-16,18,31H,10,12H2,1-9H3,(H,29,30);6,8-11,13,24,26H,5,7H2,1-4H3,(H,23,25)/t18-;13-/m11/s1. The molecule has 2 aliphatic rings. The van der Waals surface area contributed by atoms with Crippen LogP contribution in [0.3, 0.4) is 0 Å². The minimum atomic E-state index is -2.18. The average Bonchev–Trinajstić information content (AvgIpc) is 3.64. The lowest BCUT2D eigenvalue weighted by atomic mass is 9.92. The van der Waals surface area contributed by atoms with Gasteiger partial charge in [0.05, 0.1) is 68.7 Å². The van der Waals surface area contributed by atoms with E-state index in [-0.39, 0.29) is 10.8 Å². The normalized spacial score (nSPS) is 15.5. The van der Waals surface area contributed by atoms with Gasteiger partial charge in [0.25, 0.3) is 8.32 Å². The summed E-state index contributed by atoms with van der Waals surface area (Å²) in [6, 6.07) is 14.5. The topological polar surface area (TPSA) is 202 Å².